The molecule has 0 radical (unpaired) electrons. The normalized spacial score (nSPS) is 10.0. The first-order valence-electron chi connectivity index (χ1n) is 2.83. The maximum Gasteiger partial charge on any atom is 0.287 e. The Kier molecular flexibility index (Phi) is 2.03. The quantitative estimate of drug-likeness (QED) is 0.487. The third kappa shape index (κ3) is 1.30. The summed E-state index contributed by atoms with van der Waals surface area (Å²) in [4.78, 5) is 15.0. The molecule has 1 heterocycles. The van der Waals surface area contributed by atoms with Gasteiger partial charge in [-0.1, -0.05) is 0 Å². The van der Waals surface area contributed by atoms with E-state index in [-0.39, 0.29) is 11.5 Å². The lowest BCUT2D eigenvalue weighted by Gasteiger charge is -2.03. The monoisotopic (exact) mass is 266 g/mol. The molecule has 0 aliphatic heterocycles. The summed E-state index contributed by atoms with van der Waals surface area (Å²) in [6, 6.07) is 0. The third-order valence-electron chi connectivity index (χ3n) is 1.25. The minimum atomic E-state index is -0.310. The first-order valence-corrected chi connectivity index (χ1v) is 3.91. The van der Waals surface area contributed by atoms with Gasteiger partial charge in [0.1, 0.15) is 3.57 Å². The van der Waals surface area contributed by atoms with Crippen molar-refractivity contribution in [1.82, 2.24) is 9.66 Å². The lowest BCUT2D eigenvalue weighted by Crippen LogP contribution is -2.33. The van der Waals surface area contributed by atoms with E-state index < -0.39 is 0 Å². The smallest absolute Gasteiger partial charge is 0.287 e. The van der Waals surface area contributed by atoms with Gasteiger partial charge in [-0.3, -0.25) is 4.79 Å². The van der Waals surface area contributed by atoms with Crippen molar-refractivity contribution < 1.29 is 0 Å². The second kappa shape index (κ2) is 2.68. The Morgan fingerprint density at radius 2 is 2.18 bits per heavy atom. The van der Waals surface area contributed by atoms with E-state index in [9.17, 15) is 4.79 Å². The lowest BCUT2D eigenvalue weighted by molar-refractivity contribution is 0.882. The Balaban J connectivity index is 3.59. The molecule has 0 aliphatic rings. The highest BCUT2D eigenvalue weighted by Gasteiger charge is 2.06. The maximum atomic E-state index is 11.1. The average Bonchev–Trinajstić information content (AvgIpc) is 1.97. The summed E-state index contributed by atoms with van der Waals surface area (Å²) in [6.45, 7) is 1.71. The molecule has 1 rings (SSSR count). The molecule has 6 heteroatoms. The van der Waals surface area contributed by atoms with Crippen LogP contribution in [-0.4, -0.2) is 9.66 Å². The molecule has 0 spiro atoms. The van der Waals surface area contributed by atoms with Crippen molar-refractivity contribution >= 4 is 28.5 Å². The molecule has 0 fully saturated rings. The van der Waals surface area contributed by atoms with E-state index in [2.05, 4.69) is 4.98 Å². The van der Waals surface area contributed by atoms with Crippen molar-refractivity contribution in [2.75, 3.05) is 11.6 Å². The number of aryl methyl sites for hydroxylation is 1. The van der Waals surface area contributed by atoms with Crippen molar-refractivity contribution in [3.05, 3.63) is 19.6 Å². The summed E-state index contributed by atoms with van der Waals surface area (Å²) >= 11 is 1.88. The molecule has 0 aliphatic carbocycles. The molecule has 1 aromatic heterocycles. The van der Waals surface area contributed by atoms with Crippen LogP contribution in [0.2, 0.25) is 0 Å². The summed E-state index contributed by atoms with van der Waals surface area (Å²) in [7, 11) is 0. The van der Waals surface area contributed by atoms with Crippen molar-refractivity contribution in [3.63, 3.8) is 0 Å². The van der Waals surface area contributed by atoms with Gasteiger partial charge in [0, 0.05) is 0 Å². The molecular weight excluding hydrogens is 259 g/mol. The van der Waals surface area contributed by atoms with Crippen LogP contribution in [0.1, 0.15) is 5.69 Å². The van der Waals surface area contributed by atoms with Crippen LogP contribution >= 0.6 is 22.6 Å². The number of halogens is 1. The van der Waals surface area contributed by atoms with Gasteiger partial charge in [-0.15, -0.1) is 0 Å². The molecule has 0 saturated heterocycles. The summed E-state index contributed by atoms with van der Waals surface area (Å²) in [6.07, 6.45) is 0. The lowest BCUT2D eigenvalue weighted by atomic mass is 10.4. The van der Waals surface area contributed by atoms with E-state index in [1.807, 2.05) is 22.6 Å². The number of nitrogens with zero attached hydrogens (tertiary/aromatic N) is 2. The van der Waals surface area contributed by atoms with E-state index in [0.29, 0.717) is 9.26 Å². The first kappa shape index (κ1) is 8.31. The van der Waals surface area contributed by atoms with E-state index in [0.717, 1.165) is 4.68 Å². The molecule has 0 unspecified atom stereocenters. The Hall–Kier alpha value is -0.790. The fraction of sp³-hybridized carbons (Fsp3) is 0.200. The van der Waals surface area contributed by atoms with E-state index in [1.165, 1.54) is 0 Å². The SMILES string of the molecule is Cc1nc(N)n(N)c(=O)c1I. The van der Waals surface area contributed by atoms with Crippen LogP contribution in [0.3, 0.4) is 0 Å². The number of aromatic nitrogens is 2. The van der Waals surface area contributed by atoms with Gasteiger partial charge >= 0.3 is 0 Å². The van der Waals surface area contributed by atoms with Gasteiger partial charge in [0.2, 0.25) is 5.95 Å². The second-order valence-corrected chi connectivity index (χ2v) is 3.12. The summed E-state index contributed by atoms with van der Waals surface area (Å²) in [5.74, 6) is 5.30. The predicted molar refractivity (Wildman–Crippen MR) is 50.5 cm³/mol. The van der Waals surface area contributed by atoms with Gasteiger partial charge in [-0.2, -0.15) is 4.68 Å². The highest BCUT2D eigenvalue weighted by Crippen LogP contribution is 2.03. The van der Waals surface area contributed by atoms with Crippen LogP contribution in [0.4, 0.5) is 5.95 Å². The zero-order chi connectivity index (χ0) is 8.59. The molecule has 0 aromatic carbocycles. The first-order chi connectivity index (χ1) is 5.04. The number of hydrogen-bond acceptors (Lipinski definition) is 4. The van der Waals surface area contributed by atoms with E-state index in [1.54, 1.807) is 6.92 Å². The largest absolute Gasteiger partial charge is 0.368 e. The van der Waals surface area contributed by atoms with E-state index in [4.69, 9.17) is 11.6 Å². The van der Waals surface area contributed by atoms with Crippen LogP contribution in [0.25, 0.3) is 0 Å². The van der Waals surface area contributed by atoms with Crippen molar-refractivity contribution in [2.45, 2.75) is 6.92 Å². The van der Waals surface area contributed by atoms with Crippen molar-refractivity contribution in [3.8, 4) is 0 Å². The fourth-order valence-electron chi connectivity index (χ4n) is 0.639. The van der Waals surface area contributed by atoms with Gasteiger partial charge in [-0.05, 0) is 29.5 Å². The van der Waals surface area contributed by atoms with E-state index >= 15 is 0 Å². The standard InChI is InChI=1S/C5H7IN4O/c1-2-3(6)4(11)10(8)5(7)9-2/h8H2,1H3,(H2,7,9). The number of nitrogen functional groups attached to an aromatic ring is 2. The molecule has 60 valence electrons. The third-order valence-corrected chi connectivity index (χ3v) is 2.50. The summed E-state index contributed by atoms with van der Waals surface area (Å²) < 4.78 is 1.33. The number of anilines is 1. The number of nitrogens with two attached hydrogens (primary N) is 2. The minimum absolute atomic E-state index is 0.0351. The molecule has 0 amide bonds. The zero-order valence-electron chi connectivity index (χ0n) is 5.84. The minimum Gasteiger partial charge on any atom is -0.368 e. The molecule has 0 bridgehead atoms. The fourth-order valence-corrected chi connectivity index (χ4v) is 1.02. The van der Waals surface area contributed by atoms with Gasteiger partial charge in [-0.25, -0.2) is 4.98 Å². The Morgan fingerprint density at radius 1 is 1.64 bits per heavy atom. The molecule has 11 heavy (non-hydrogen) atoms. The number of hydrogen-bond donors (Lipinski definition) is 2. The molecular formula is C5H7IN4O. The summed E-state index contributed by atoms with van der Waals surface area (Å²) in [5, 5.41) is 0. The van der Waals surface area contributed by atoms with Crippen LogP contribution in [0.5, 0.6) is 0 Å². The Morgan fingerprint density at radius 3 is 2.73 bits per heavy atom. The van der Waals surface area contributed by atoms with Crippen molar-refractivity contribution in [1.29, 1.82) is 0 Å². The van der Waals surface area contributed by atoms with Gasteiger partial charge < -0.3 is 11.6 Å². The van der Waals surface area contributed by atoms with Crippen LogP contribution < -0.4 is 17.1 Å². The zero-order valence-corrected chi connectivity index (χ0v) is 7.99. The second-order valence-electron chi connectivity index (χ2n) is 2.04. The van der Waals surface area contributed by atoms with Crippen molar-refractivity contribution in [2.24, 2.45) is 0 Å². The Labute approximate surface area is 76.5 Å². The molecule has 1 aromatic rings. The summed E-state index contributed by atoms with van der Waals surface area (Å²) in [5.41, 5.74) is 5.61. The van der Waals surface area contributed by atoms with Gasteiger partial charge in [0.15, 0.2) is 0 Å². The van der Waals surface area contributed by atoms with Gasteiger partial charge in [0.25, 0.3) is 5.56 Å². The highest BCUT2D eigenvalue weighted by atomic mass is 127. The van der Waals surface area contributed by atoms with Crippen LogP contribution in [0, 0.1) is 10.5 Å². The topological polar surface area (TPSA) is 86.9 Å². The Bertz CT molecular complexity index is 316. The van der Waals surface area contributed by atoms with Crippen LogP contribution in [0.15, 0.2) is 4.79 Å². The molecule has 0 atom stereocenters. The average molecular weight is 266 g/mol. The van der Waals surface area contributed by atoms with Crippen LogP contribution in [-0.2, 0) is 0 Å². The van der Waals surface area contributed by atoms with Gasteiger partial charge in [0.05, 0.1) is 5.69 Å². The molecule has 5 nitrogen and oxygen atoms in total. The molecule has 4 N–H and O–H groups in total. The maximum absolute atomic E-state index is 11.1. The molecule has 0 saturated carbocycles. The predicted octanol–water partition coefficient (Wildman–Crippen LogP) is -0.548. The highest BCUT2D eigenvalue weighted by molar-refractivity contribution is 14.1. The number of rotatable bonds is 0.